The van der Waals surface area contributed by atoms with E-state index in [4.69, 9.17) is 5.11 Å². The highest BCUT2D eigenvalue weighted by molar-refractivity contribution is 5.31. The third-order valence-corrected chi connectivity index (χ3v) is 3.09. The highest BCUT2D eigenvalue weighted by Gasteiger charge is 2.10. The van der Waals surface area contributed by atoms with Crippen LogP contribution in [-0.4, -0.2) is 26.7 Å². The van der Waals surface area contributed by atoms with Gasteiger partial charge in [-0.15, -0.1) is 0 Å². The van der Waals surface area contributed by atoms with Gasteiger partial charge in [-0.1, -0.05) is 36.2 Å². The summed E-state index contributed by atoms with van der Waals surface area (Å²) in [5.41, 5.74) is 5.85. The van der Waals surface area contributed by atoms with Gasteiger partial charge >= 0.3 is 0 Å². The predicted molar refractivity (Wildman–Crippen MR) is 75.2 cm³/mol. The van der Waals surface area contributed by atoms with Crippen molar-refractivity contribution in [3.05, 3.63) is 46.3 Å². The molecule has 2 aromatic rings. The van der Waals surface area contributed by atoms with Gasteiger partial charge in [0.25, 0.3) is 0 Å². The molecular formula is C15H21N3O. The maximum absolute atomic E-state index is 8.95. The molecule has 0 aliphatic rings. The minimum atomic E-state index is 0.0703. The number of nitrogens with zero attached hydrogens (tertiary/aromatic N) is 3. The average Bonchev–Trinajstić information content (AvgIpc) is 2.70. The van der Waals surface area contributed by atoms with E-state index >= 15 is 0 Å². The first-order valence-electron chi connectivity index (χ1n) is 6.73. The molecule has 0 amide bonds. The normalized spacial score (nSPS) is 10.9. The second kappa shape index (κ2) is 5.97. The van der Waals surface area contributed by atoms with E-state index < -0.39 is 0 Å². The molecule has 0 unspecified atom stereocenters. The van der Waals surface area contributed by atoms with Crippen LogP contribution in [0.1, 0.15) is 35.0 Å². The van der Waals surface area contributed by atoms with Crippen molar-refractivity contribution >= 4 is 0 Å². The maximum atomic E-state index is 8.95. The summed E-state index contributed by atoms with van der Waals surface area (Å²) in [5, 5.41) is 17.8. The molecular weight excluding hydrogens is 238 g/mol. The van der Waals surface area contributed by atoms with Crippen LogP contribution in [0.2, 0.25) is 0 Å². The summed E-state index contributed by atoms with van der Waals surface area (Å²) in [6, 6.07) is 6.56. The fourth-order valence-electron chi connectivity index (χ4n) is 2.38. The number of aliphatic hydroxyl groups excluding tert-OH is 1. The van der Waals surface area contributed by atoms with Crippen molar-refractivity contribution in [3.63, 3.8) is 0 Å². The highest BCUT2D eigenvalue weighted by atomic mass is 16.3. The smallest absolute Gasteiger partial charge is 0.0902 e. The second-order valence-corrected chi connectivity index (χ2v) is 4.94. The molecule has 4 heteroatoms. The first-order valence-corrected chi connectivity index (χ1v) is 6.73. The zero-order valence-electron chi connectivity index (χ0n) is 11.8. The van der Waals surface area contributed by atoms with Crippen LogP contribution in [0.3, 0.4) is 0 Å². The lowest BCUT2D eigenvalue weighted by Gasteiger charge is -2.04. The monoisotopic (exact) mass is 259 g/mol. The number of aliphatic hydroxyl groups is 1. The van der Waals surface area contributed by atoms with E-state index in [-0.39, 0.29) is 6.61 Å². The fourth-order valence-corrected chi connectivity index (χ4v) is 2.38. The molecule has 1 N–H and O–H groups in total. The number of hydrogen-bond acceptors (Lipinski definition) is 3. The molecule has 0 aliphatic carbocycles. The molecule has 0 bridgehead atoms. The van der Waals surface area contributed by atoms with Gasteiger partial charge in [-0.2, -0.15) is 15.0 Å². The molecule has 0 spiro atoms. The van der Waals surface area contributed by atoms with E-state index in [1.807, 2.05) is 0 Å². The Balaban J connectivity index is 2.26. The SMILES string of the molecule is CCc1nn(CCO)nc1Cc1cc(C)cc(C)c1. The van der Waals surface area contributed by atoms with Crippen LogP contribution in [0.15, 0.2) is 18.2 Å². The van der Waals surface area contributed by atoms with Crippen LogP contribution in [0.25, 0.3) is 0 Å². The standard InChI is InChI=1S/C15H21N3O/c1-4-14-15(17-18(16-14)5-6-19)10-13-8-11(2)7-12(3)9-13/h7-9,19H,4-6,10H2,1-3H3. The largest absolute Gasteiger partial charge is 0.394 e. The summed E-state index contributed by atoms with van der Waals surface area (Å²) in [5.74, 6) is 0. The zero-order chi connectivity index (χ0) is 13.8. The molecule has 1 aromatic carbocycles. The van der Waals surface area contributed by atoms with Crippen molar-refractivity contribution in [2.75, 3.05) is 6.61 Å². The van der Waals surface area contributed by atoms with E-state index in [9.17, 15) is 0 Å². The van der Waals surface area contributed by atoms with Gasteiger partial charge in [0.05, 0.1) is 24.5 Å². The lowest BCUT2D eigenvalue weighted by atomic mass is 10.0. The van der Waals surface area contributed by atoms with Gasteiger partial charge in [-0.3, -0.25) is 0 Å². The van der Waals surface area contributed by atoms with Gasteiger partial charge < -0.3 is 5.11 Å². The molecule has 0 atom stereocenters. The molecule has 1 aromatic heterocycles. The fraction of sp³-hybridized carbons (Fsp3) is 0.467. The van der Waals surface area contributed by atoms with E-state index in [0.29, 0.717) is 6.54 Å². The molecule has 19 heavy (non-hydrogen) atoms. The van der Waals surface area contributed by atoms with E-state index in [1.165, 1.54) is 16.7 Å². The van der Waals surface area contributed by atoms with Gasteiger partial charge in [0.15, 0.2) is 0 Å². The van der Waals surface area contributed by atoms with Crippen molar-refractivity contribution in [2.45, 2.75) is 40.2 Å². The maximum Gasteiger partial charge on any atom is 0.0902 e. The van der Waals surface area contributed by atoms with Gasteiger partial charge in [-0.25, -0.2) is 0 Å². The van der Waals surface area contributed by atoms with Crippen molar-refractivity contribution in [2.24, 2.45) is 0 Å². The number of benzene rings is 1. The second-order valence-electron chi connectivity index (χ2n) is 4.94. The molecule has 4 nitrogen and oxygen atoms in total. The molecule has 102 valence electrons. The summed E-state index contributed by atoms with van der Waals surface area (Å²) in [7, 11) is 0. The summed E-state index contributed by atoms with van der Waals surface area (Å²) < 4.78 is 0. The van der Waals surface area contributed by atoms with Crippen molar-refractivity contribution in [1.29, 1.82) is 0 Å². The lowest BCUT2D eigenvalue weighted by molar-refractivity contribution is 0.260. The Morgan fingerprint density at radius 1 is 1.05 bits per heavy atom. The van der Waals surface area contributed by atoms with E-state index in [1.54, 1.807) is 4.80 Å². The Morgan fingerprint density at radius 3 is 2.26 bits per heavy atom. The third kappa shape index (κ3) is 3.41. The number of hydrogen-bond donors (Lipinski definition) is 1. The highest BCUT2D eigenvalue weighted by Crippen LogP contribution is 2.15. The zero-order valence-corrected chi connectivity index (χ0v) is 11.8. The quantitative estimate of drug-likeness (QED) is 0.894. The Kier molecular flexibility index (Phi) is 4.32. The van der Waals surface area contributed by atoms with Crippen LogP contribution in [0.5, 0.6) is 0 Å². The van der Waals surface area contributed by atoms with Crippen molar-refractivity contribution in [3.8, 4) is 0 Å². The Bertz CT molecular complexity index is 540. The van der Waals surface area contributed by atoms with Crippen LogP contribution < -0.4 is 0 Å². The number of aromatic nitrogens is 3. The molecule has 0 radical (unpaired) electrons. The summed E-state index contributed by atoms with van der Waals surface area (Å²) in [4.78, 5) is 1.59. The Hall–Kier alpha value is -1.68. The van der Waals surface area contributed by atoms with E-state index in [0.717, 1.165) is 24.2 Å². The van der Waals surface area contributed by atoms with Crippen LogP contribution in [-0.2, 0) is 19.4 Å². The predicted octanol–water partition coefficient (Wildman–Crippen LogP) is 2.04. The van der Waals surface area contributed by atoms with Gasteiger partial charge in [0.2, 0.25) is 0 Å². The molecule has 2 rings (SSSR count). The first kappa shape index (κ1) is 13.7. The third-order valence-electron chi connectivity index (χ3n) is 3.09. The number of rotatable bonds is 5. The average molecular weight is 259 g/mol. The molecule has 0 saturated heterocycles. The van der Waals surface area contributed by atoms with Crippen molar-refractivity contribution < 1.29 is 5.11 Å². The summed E-state index contributed by atoms with van der Waals surface area (Å²) in [6.45, 7) is 6.83. The van der Waals surface area contributed by atoms with Gasteiger partial charge in [0, 0.05) is 6.42 Å². The van der Waals surface area contributed by atoms with Gasteiger partial charge in [0.1, 0.15) is 0 Å². The molecule has 0 saturated carbocycles. The molecule has 1 heterocycles. The van der Waals surface area contributed by atoms with Crippen LogP contribution in [0.4, 0.5) is 0 Å². The molecule has 0 aliphatic heterocycles. The van der Waals surface area contributed by atoms with E-state index in [2.05, 4.69) is 49.2 Å². The number of aryl methyl sites for hydroxylation is 3. The lowest BCUT2D eigenvalue weighted by Crippen LogP contribution is -2.06. The Labute approximate surface area is 114 Å². The van der Waals surface area contributed by atoms with Crippen LogP contribution >= 0.6 is 0 Å². The minimum absolute atomic E-state index is 0.0703. The molecule has 0 fully saturated rings. The van der Waals surface area contributed by atoms with Crippen LogP contribution in [0, 0.1) is 13.8 Å². The first-order chi connectivity index (χ1) is 9.12. The Morgan fingerprint density at radius 2 is 1.68 bits per heavy atom. The van der Waals surface area contributed by atoms with Crippen molar-refractivity contribution in [1.82, 2.24) is 15.0 Å². The minimum Gasteiger partial charge on any atom is -0.394 e. The summed E-state index contributed by atoms with van der Waals surface area (Å²) >= 11 is 0. The topological polar surface area (TPSA) is 50.9 Å². The summed E-state index contributed by atoms with van der Waals surface area (Å²) in [6.07, 6.45) is 1.67. The van der Waals surface area contributed by atoms with Gasteiger partial charge in [-0.05, 0) is 25.8 Å².